The van der Waals surface area contributed by atoms with E-state index in [-0.39, 0.29) is 61.9 Å². The van der Waals surface area contributed by atoms with Gasteiger partial charge in [-0.15, -0.1) is 0 Å². The summed E-state index contributed by atoms with van der Waals surface area (Å²) in [4.78, 5) is 53.3. The molecule has 16 nitrogen and oxygen atoms in total. The highest BCUT2D eigenvalue weighted by Gasteiger charge is 2.28. The summed E-state index contributed by atoms with van der Waals surface area (Å²) in [5, 5.41) is 22.8. The van der Waals surface area contributed by atoms with Crippen LogP contribution >= 0.6 is 11.8 Å². The van der Waals surface area contributed by atoms with Gasteiger partial charge in [-0.1, -0.05) is 139 Å². The number of benzene rings is 2. The molecule has 2 aromatic heterocycles. The average molecular weight is 925 g/mol. The van der Waals surface area contributed by atoms with Crippen LogP contribution < -0.4 is 9.47 Å². The van der Waals surface area contributed by atoms with E-state index in [4.69, 9.17) is 18.9 Å². The second kappa shape index (κ2) is 28.9. The molecule has 18 heteroatoms. The summed E-state index contributed by atoms with van der Waals surface area (Å²) < 4.78 is 46.9. The van der Waals surface area contributed by atoms with Crippen LogP contribution in [0.5, 0.6) is 11.5 Å². The Hall–Kier alpha value is -5.62. The van der Waals surface area contributed by atoms with E-state index in [1.807, 2.05) is 43.3 Å². The topological polar surface area (TPSA) is 217 Å². The number of aromatic nitrogens is 2. The van der Waals surface area contributed by atoms with E-state index in [0.29, 0.717) is 23.3 Å². The molecule has 2 aromatic carbocycles. The van der Waals surface area contributed by atoms with Gasteiger partial charge >= 0.3 is 23.6 Å². The highest BCUT2D eigenvalue weighted by atomic mass is 32.2. The van der Waals surface area contributed by atoms with Gasteiger partial charge in [0, 0.05) is 17.9 Å². The third-order valence-corrected chi connectivity index (χ3v) is 12.5. The summed E-state index contributed by atoms with van der Waals surface area (Å²) in [5.74, 6) is -1.37. The van der Waals surface area contributed by atoms with E-state index in [1.165, 1.54) is 17.8 Å². The van der Waals surface area contributed by atoms with Gasteiger partial charge < -0.3 is 39.2 Å². The van der Waals surface area contributed by atoms with Crippen LogP contribution in [0.3, 0.4) is 0 Å². The van der Waals surface area contributed by atoms with Crippen LogP contribution in [0.4, 0.5) is 11.6 Å². The predicted molar refractivity (Wildman–Crippen MR) is 244 cm³/mol. The molecule has 0 radical (unpaired) electrons. The maximum absolute atomic E-state index is 12.6. The Kier molecular flexibility index (Phi) is 23.8. The number of nitro groups is 2. The van der Waals surface area contributed by atoms with Crippen molar-refractivity contribution in [2.45, 2.75) is 115 Å². The molecule has 348 valence electrons. The van der Waals surface area contributed by atoms with Crippen molar-refractivity contribution in [3.8, 4) is 11.5 Å². The number of rotatable bonds is 28. The molecule has 0 aliphatic carbocycles. The van der Waals surface area contributed by atoms with Crippen LogP contribution in [0.1, 0.15) is 103 Å². The van der Waals surface area contributed by atoms with E-state index in [2.05, 4.69) is 30.7 Å². The first-order valence-electron chi connectivity index (χ1n) is 21.6. The maximum atomic E-state index is 12.6. The van der Waals surface area contributed by atoms with Crippen molar-refractivity contribution in [2.24, 2.45) is 11.8 Å². The molecule has 0 N–H and O–H groups in total. The number of carbonyl (C=O) groups is 2. The summed E-state index contributed by atoms with van der Waals surface area (Å²) >= 11 is 1.29. The van der Waals surface area contributed by atoms with Gasteiger partial charge in [0.25, 0.3) is 5.03 Å². The largest absolute Gasteiger partial charge is 0.481 e. The number of esters is 2. The third kappa shape index (κ3) is 19.4. The number of carbonyl (C=O) groups excluding carboxylic acids is 2. The number of ether oxygens (including phenoxy) is 4. The Morgan fingerprint density at radius 1 is 0.656 bits per heavy atom. The fraction of sp³-hybridized carbons (Fsp3) is 0.478. The average Bonchev–Trinajstić information content (AvgIpc) is 3.30. The Morgan fingerprint density at radius 2 is 1.12 bits per heavy atom. The van der Waals surface area contributed by atoms with Crippen molar-refractivity contribution in [1.29, 1.82) is 0 Å². The fourth-order valence-electron chi connectivity index (χ4n) is 5.97. The number of hydrogen-bond donors (Lipinski definition) is 0. The van der Waals surface area contributed by atoms with Crippen molar-refractivity contribution in [1.82, 2.24) is 9.97 Å². The molecule has 0 aliphatic heterocycles. The van der Waals surface area contributed by atoms with Crippen molar-refractivity contribution in [3.63, 3.8) is 0 Å². The van der Waals surface area contributed by atoms with Gasteiger partial charge in [0.1, 0.15) is 13.2 Å². The van der Waals surface area contributed by atoms with Crippen LogP contribution in [-0.2, 0) is 42.1 Å². The number of sulfone groups is 1. The van der Waals surface area contributed by atoms with Crippen LogP contribution in [0, 0.1) is 32.1 Å². The summed E-state index contributed by atoms with van der Waals surface area (Å²) in [5.41, 5.74) is 1.70. The minimum atomic E-state index is -4.03. The van der Waals surface area contributed by atoms with Gasteiger partial charge in [-0.05, 0) is 67.8 Å². The first-order chi connectivity index (χ1) is 30.8. The summed E-state index contributed by atoms with van der Waals surface area (Å²) in [6, 6.07) is 24.0. The normalized spacial score (nSPS) is 11.9. The first kappa shape index (κ1) is 52.7. The monoisotopic (exact) mass is 924 g/mol. The van der Waals surface area contributed by atoms with E-state index >= 15 is 0 Å². The quantitative estimate of drug-likeness (QED) is 0.0224. The lowest BCUT2D eigenvalue weighted by molar-refractivity contribution is -0.391. The predicted octanol–water partition coefficient (Wildman–Crippen LogP) is 10.3. The minimum Gasteiger partial charge on any atom is -0.481 e. The number of pyridine rings is 2. The molecule has 2 unspecified atom stereocenters. The standard InChI is InChI=1S/C23H30N2O7S.C23H30N2O5S/c1-3-5-9-18(4-2)16-32-22(26)14-15-33(29,30)21-13-12-20(23(24-21)25(27)28)31-17-19-10-7-6-8-11-19;1-3-5-9-18(4-2)16-30-22(26)14-15-31-21-13-12-20(23(24-21)25(27)28)29-17-19-10-7-6-8-11-19/h6-8,10-13,18H,3-5,9,14-17H2,1-2H3;6-8,10-13,18H,3-5,9,14-17H2,1-2H3. The van der Waals surface area contributed by atoms with Gasteiger partial charge in [-0.25, -0.2) is 8.42 Å². The molecule has 4 rings (SSSR count). The van der Waals surface area contributed by atoms with Gasteiger partial charge in [0.05, 0.1) is 31.8 Å². The Bertz CT molecular complexity index is 2160. The maximum Gasteiger partial charge on any atom is 0.407 e. The van der Waals surface area contributed by atoms with Crippen molar-refractivity contribution >= 4 is 45.2 Å². The number of thioether (sulfide) groups is 1. The minimum absolute atomic E-state index is 0.0678. The molecular weight excluding hydrogens is 865 g/mol. The summed E-state index contributed by atoms with van der Waals surface area (Å²) in [6.07, 6.45) is 8.14. The molecule has 4 aromatic rings. The smallest absolute Gasteiger partial charge is 0.407 e. The Morgan fingerprint density at radius 3 is 1.59 bits per heavy atom. The SMILES string of the molecule is CCCCC(CC)COC(=O)CCS(=O)(=O)c1ccc(OCc2ccccc2)c([N+](=O)[O-])n1.CCCCC(CC)COC(=O)CCSc1ccc(OCc2ccccc2)c([N+](=O)[O-])n1. The summed E-state index contributed by atoms with van der Waals surface area (Å²) in [7, 11) is -4.03. The molecule has 0 bridgehead atoms. The zero-order valence-corrected chi connectivity index (χ0v) is 38.7. The number of hydrogen-bond acceptors (Lipinski definition) is 15. The molecule has 64 heavy (non-hydrogen) atoms. The molecule has 0 saturated heterocycles. The molecule has 0 saturated carbocycles. The Balaban J connectivity index is 0.000000341. The number of unbranched alkanes of at least 4 members (excludes halogenated alkanes) is 2. The lowest BCUT2D eigenvalue weighted by Gasteiger charge is -2.14. The highest BCUT2D eigenvalue weighted by molar-refractivity contribution is 7.99. The van der Waals surface area contributed by atoms with Gasteiger partial charge in [-0.2, -0.15) is 0 Å². The zero-order chi connectivity index (χ0) is 46.7. The molecule has 0 fully saturated rings. The van der Waals surface area contributed by atoms with E-state index < -0.39 is 42.2 Å². The highest BCUT2D eigenvalue weighted by Crippen LogP contribution is 2.30. The second-order valence-electron chi connectivity index (χ2n) is 14.9. The van der Waals surface area contributed by atoms with Crippen LogP contribution in [-0.4, -0.2) is 64.9 Å². The Labute approximate surface area is 380 Å². The lowest BCUT2D eigenvalue weighted by Crippen LogP contribution is -2.18. The van der Waals surface area contributed by atoms with Crippen LogP contribution in [0.25, 0.3) is 0 Å². The molecule has 0 aliphatic rings. The second-order valence-corrected chi connectivity index (χ2v) is 18.0. The molecule has 2 heterocycles. The van der Waals surface area contributed by atoms with Crippen LogP contribution in [0.2, 0.25) is 0 Å². The van der Waals surface area contributed by atoms with Crippen molar-refractivity contribution in [2.75, 3.05) is 24.7 Å². The summed E-state index contributed by atoms with van der Waals surface area (Å²) in [6.45, 7) is 9.36. The van der Waals surface area contributed by atoms with E-state index in [1.54, 1.807) is 36.4 Å². The lowest BCUT2D eigenvalue weighted by atomic mass is 10.0. The van der Waals surface area contributed by atoms with Crippen LogP contribution in [0.15, 0.2) is 95.0 Å². The molecule has 2 atom stereocenters. The van der Waals surface area contributed by atoms with E-state index in [0.717, 1.165) is 68.6 Å². The van der Waals surface area contributed by atoms with Crippen molar-refractivity contribution < 1.29 is 46.8 Å². The van der Waals surface area contributed by atoms with Gasteiger partial charge in [0.2, 0.25) is 26.4 Å². The van der Waals surface area contributed by atoms with E-state index in [9.17, 15) is 38.2 Å². The first-order valence-corrected chi connectivity index (χ1v) is 24.2. The van der Waals surface area contributed by atoms with Crippen molar-refractivity contribution in [3.05, 3.63) is 116 Å². The molecular formula is C46H60N4O12S2. The molecule has 0 spiro atoms. The van der Waals surface area contributed by atoms with Gasteiger partial charge in [0.15, 0.2) is 0 Å². The van der Waals surface area contributed by atoms with Gasteiger partial charge in [-0.3, -0.25) is 9.59 Å². The fourth-order valence-corrected chi connectivity index (χ4v) is 7.91. The zero-order valence-electron chi connectivity index (χ0n) is 37.1. The molecule has 0 amide bonds. The third-order valence-electron chi connectivity index (χ3n) is 9.94. The number of nitrogens with zero attached hydrogens (tertiary/aromatic N) is 4.